The summed E-state index contributed by atoms with van der Waals surface area (Å²) in [6.07, 6.45) is 2.88. The third-order valence-corrected chi connectivity index (χ3v) is 5.72. The molecule has 2 aromatic heterocycles. The molecule has 0 aliphatic carbocycles. The lowest BCUT2D eigenvalue weighted by Crippen LogP contribution is -2.19. The number of fused-ring (bicyclic) bond motifs is 1. The first-order chi connectivity index (χ1) is 16.6. The third kappa shape index (κ3) is 4.60. The Hall–Kier alpha value is -4.24. The maximum atomic E-state index is 11.6. The van der Waals surface area contributed by atoms with Crippen molar-refractivity contribution in [2.45, 2.75) is 25.8 Å². The zero-order chi connectivity index (χ0) is 23.5. The Kier molecular flexibility index (Phi) is 5.92. The van der Waals surface area contributed by atoms with E-state index >= 15 is 0 Å². The van der Waals surface area contributed by atoms with E-state index in [9.17, 15) is 9.90 Å². The number of H-pyrrole nitrogens is 1. The van der Waals surface area contributed by atoms with Gasteiger partial charge in [0.15, 0.2) is 0 Å². The summed E-state index contributed by atoms with van der Waals surface area (Å²) in [4.78, 5) is 20.9. The second-order valence-corrected chi connectivity index (χ2v) is 8.23. The molecule has 0 saturated carbocycles. The highest BCUT2D eigenvalue weighted by Crippen LogP contribution is 2.31. The third-order valence-electron chi connectivity index (χ3n) is 5.72. The number of aliphatic hydroxyl groups is 1. The van der Waals surface area contributed by atoms with Gasteiger partial charge in [-0.1, -0.05) is 30.3 Å². The number of aryl methyl sites for hydroxylation is 2. The van der Waals surface area contributed by atoms with Crippen molar-refractivity contribution in [3.05, 3.63) is 77.6 Å². The van der Waals surface area contributed by atoms with Crippen molar-refractivity contribution in [1.29, 1.82) is 0 Å². The van der Waals surface area contributed by atoms with Crippen molar-refractivity contribution in [1.82, 2.24) is 20.2 Å². The number of rotatable bonds is 7. The summed E-state index contributed by atoms with van der Waals surface area (Å²) in [5, 5.41) is 26.9. The molecule has 0 bridgehead atoms. The van der Waals surface area contributed by atoms with Crippen LogP contribution in [0.15, 0.2) is 60.8 Å². The molecule has 1 aliphatic rings. The minimum absolute atomic E-state index is 0.0355. The maximum absolute atomic E-state index is 11.6. The summed E-state index contributed by atoms with van der Waals surface area (Å²) in [7, 11) is 0. The molecule has 1 amide bonds. The van der Waals surface area contributed by atoms with E-state index in [0.29, 0.717) is 30.3 Å². The van der Waals surface area contributed by atoms with Gasteiger partial charge in [0.2, 0.25) is 11.9 Å². The van der Waals surface area contributed by atoms with E-state index in [1.807, 2.05) is 61.5 Å². The first kappa shape index (κ1) is 21.6. The minimum Gasteiger partial charge on any atom is -0.394 e. The molecule has 3 heterocycles. The molecule has 0 fully saturated rings. The van der Waals surface area contributed by atoms with Crippen LogP contribution in [-0.4, -0.2) is 37.8 Å². The van der Waals surface area contributed by atoms with Crippen molar-refractivity contribution >= 4 is 29.0 Å². The molecule has 0 unspecified atom stereocenters. The van der Waals surface area contributed by atoms with Crippen molar-refractivity contribution in [3.63, 3.8) is 0 Å². The summed E-state index contributed by atoms with van der Waals surface area (Å²) in [5.74, 6) is 0.994. The number of nitrogens with zero attached hydrogens (tertiary/aromatic N) is 3. The van der Waals surface area contributed by atoms with Crippen molar-refractivity contribution in [2.24, 2.45) is 0 Å². The SMILES string of the molecule is Cc1cc(-c2cnc(Nc3ccc4c(c3)CCC(=O)N4)nc2N[C@H](CO)c2ccccc2)n[nH]1. The van der Waals surface area contributed by atoms with E-state index in [0.717, 1.165) is 33.8 Å². The summed E-state index contributed by atoms with van der Waals surface area (Å²) >= 11 is 0. The molecule has 0 spiro atoms. The number of carbonyl (C=O) groups is 1. The Balaban J connectivity index is 1.47. The quantitative estimate of drug-likeness (QED) is 0.285. The van der Waals surface area contributed by atoms with Crippen LogP contribution in [0.5, 0.6) is 0 Å². The number of benzene rings is 2. The van der Waals surface area contributed by atoms with Gasteiger partial charge in [-0.05, 0) is 48.7 Å². The molecule has 9 nitrogen and oxygen atoms in total. The van der Waals surface area contributed by atoms with E-state index in [-0.39, 0.29) is 18.6 Å². The highest BCUT2D eigenvalue weighted by atomic mass is 16.3. The van der Waals surface area contributed by atoms with Gasteiger partial charge in [-0.3, -0.25) is 9.89 Å². The van der Waals surface area contributed by atoms with Gasteiger partial charge in [0.1, 0.15) is 5.82 Å². The van der Waals surface area contributed by atoms with Crippen molar-refractivity contribution in [2.75, 3.05) is 22.6 Å². The predicted octanol–water partition coefficient (Wildman–Crippen LogP) is 3.95. The molecule has 9 heteroatoms. The fraction of sp³-hybridized carbons (Fsp3) is 0.200. The van der Waals surface area contributed by atoms with Crippen molar-refractivity contribution in [3.8, 4) is 11.3 Å². The zero-order valence-electron chi connectivity index (χ0n) is 18.7. The Morgan fingerprint density at radius 2 is 1.97 bits per heavy atom. The Bertz CT molecular complexity index is 1320. The van der Waals surface area contributed by atoms with Crippen molar-refractivity contribution < 1.29 is 9.90 Å². The molecule has 0 saturated heterocycles. The van der Waals surface area contributed by atoms with Gasteiger partial charge in [-0.25, -0.2) is 4.98 Å². The summed E-state index contributed by atoms with van der Waals surface area (Å²) < 4.78 is 0. The highest BCUT2D eigenvalue weighted by Gasteiger charge is 2.18. The smallest absolute Gasteiger partial charge is 0.229 e. The standard InChI is InChI=1S/C25H25N7O2/c1-15-11-21(32-31-15)19-13-26-25(27-18-8-9-20-17(12-18)7-10-23(34)28-20)30-24(19)29-22(14-33)16-5-3-2-4-6-16/h2-6,8-9,11-13,22,33H,7,10,14H2,1H3,(H,28,34)(H,31,32)(H2,26,27,29,30)/t22-/m1/s1. The Morgan fingerprint density at radius 1 is 1.12 bits per heavy atom. The molecule has 34 heavy (non-hydrogen) atoms. The van der Waals surface area contributed by atoms with Crippen LogP contribution >= 0.6 is 0 Å². The lowest BCUT2D eigenvalue weighted by atomic mass is 10.0. The highest BCUT2D eigenvalue weighted by molar-refractivity contribution is 5.94. The first-order valence-corrected chi connectivity index (χ1v) is 11.1. The van der Waals surface area contributed by atoms with Crippen LogP contribution in [0.4, 0.5) is 23.1 Å². The average molecular weight is 456 g/mol. The first-order valence-electron chi connectivity index (χ1n) is 11.1. The number of amides is 1. The van der Waals surface area contributed by atoms with Gasteiger partial charge in [0.05, 0.1) is 23.9 Å². The number of aliphatic hydroxyl groups excluding tert-OH is 1. The summed E-state index contributed by atoms with van der Waals surface area (Å²) in [5.41, 5.74) is 6.02. The normalized spacial score (nSPS) is 13.6. The van der Waals surface area contributed by atoms with E-state index in [4.69, 9.17) is 4.98 Å². The lowest BCUT2D eigenvalue weighted by Gasteiger charge is -2.20. The fourth-order valence-corrected chi connectivity index (χ4v) is 3.97. The van der Waals surface area contributed by atoms with Gasteiger partial charge < -0.3 is 21.1 Å². The van der Waals surface area contributed by atoms with Gasteiger partial charge in [0.25, 0.3) is 0 Å². The summed E-state index contributed by atoms with van der Waals surface area (Å²) in [6.45, 7) is 1.83. The van der Waals surface area contributed by atoms with Crippen LogP contribution in [0.3, 0.4) is 0 Å². The Labute approximate surface area is 196 Å². The van der Waals surface area contributed by atoms with Gasteiger partial charge in [0, 0.05) is 29.7 Å². The molecule has 2 aromatic carbocycles. The predicted molar refractivity (Wildman–Crippen MR) is 131 cm³/mol. The molecular weight excluding hydrogens is 430 g/mol. The van der Waals surface area contributed by atoms with Crippen LogP contribution in [0, 0.1) is 6.92 Å². The van der Waals surface area contributed by atoms with E-state index in [2.05, 4.69) is 31.1 Å². The monoisotopic (exact) mass is 455 g/mol. The fourth-order valence-electron chi connectivity index (χ4n) is 3.97. The minimum atomic E-state index is -0.352. The van der Waals surface area contributed by atoms with Crippen LogP contribution in [0.2, 0.25) is 0 Å². The number of hydrogen-bond acceptors (Lipinski definition) is 7. The number of hydrogen-bond donors (Lipinski definition) is 5. The average Bonchev–Trinajstić information content (AvgIpc) is 3.29. The lowest BCUT2D eigenvalue weighted by molar-refractivity contribution is -0.116. The number of anilines is 4. The molecule has 1 aliphatic heterocycles. The molecule has 4 aromatic rings. The van der Waals surface area contributed by atoms with Gasteiger partial charge >= 0.3 is 0 Å². The van der Waals surface area contributed by atoms with E-state index in [1.165, 1.54) is 0 Å². The summed E-state index contributed by atoms with van der Waals surface area (Å²) in [6, 6.07) is 17.0. The number of carbonyl (C=O) groups excluding carboxylic acids is 1. The van der Waals surface area contributed by atoms with Gasteiger partial charge in [-0.2, -0.15) is 10.1 Å². The molecule has 5 rings (SSSR count). The zero-order valence-corrected chi connectivity index (χ0v) is 18.7. The second-order valence-electron chi connectivity index (χ2n) is 8.23. The molecule has 172 valence electrons. The van der Waals surface area contributed by atoms with E-state index in [1.54, 1.807) is 6.20 Å². The molecule has 0 radical (unpaired) electrons. The van der Waals surface area contributed by atoms with Crippen LogP contribution in [0.25, 0.3) is 11.3 Å². The van der Waals surface area contributed by atoms with Crippen LogP contribution < -0.4 is 16.0 Å². The molecule has 1 atom stereocenters. The Morgan fingerprint density at radius 3 is 2.74 bits per heavy atom. The van der Waals surface area contributed by atoms with Crippen LogP contribution in [-0.2, 0) is 11.2 Å². The number of nitrogens with one attached hydrogen (secondary N) is 4. The topological polar surface area (TPSA) is 128 Å². The maximum Gasteiger partial charge on any atom is 0.229 e. The molecular formula is C25H25N7O2. The molecule has 5 N–H and O–H groups in total. The van der Waals surface area contributed by atoms with E-state index < -0.39 is 0 Å². The largest absolute Gasteiger partial charge is 0.394 e. The number of aromatic nitrogens is 4. The second kappa shape index (κ2) is 9.32. The van der Waals surface area contributed by atoms with Crippen LogP contribution in [0.1, 0.15) is 29.3 Å². The number of aromatic amines is 1. The van der Waals surface area contributed by atoms with Gasteiger partial charge in [-0.15, -0.1) is 0 Å².